The van der Waals surface area contributed by atoms with Crippen LogP contribution in [0.25, 0.3) is 0 Å². The van der Waals surface area contributed by atoms with Crippen LogP contribution >= 0.6 is 11.6 Å². The molecule has 21 heavy (non-hydrogen) atoms. The molecule has 0 radical (unpaired) electrons. The highest BCUT2D eigenvalue weighted by Crippen LogP contribution is 2.22. The molecule has 0 bridgehead atoms. The van der Waals surface area contributed by atoms with Gasteiger partial charge in [-0.3, -0.25) is 4.79 Å². The fraction of sp³-hybridized carbons (Fsp3) is 0.333. The summed E-state index contributed by atoms with van der Waals surface area (Å²) in [5, 5.41) is 15.2. The van der Waals surface area contributed by atoms with Crippen LogP contribution in [0.2, 0.25) is 5.02 Å². The van der Waals surface area contributed by atoms with Crippen molar-refractivity contribution in [1.82, 2.24) is 5.32 Å². The summed E-state index contributed by atoms with van der Waals surface area (Å²) < 4.78 is 4.88. The summed E-state index contributed by atoms with van der Waals surface area (Å²) in [5.74, 6) is -0.416. The maximum atomic E-state index is 11.8. The summed E-state index contributed by atoms with van der Waals surface area (Å²) in [6.45, 7) is 2.88. The van der Waals surface area contributed by atoms with Gasteiger partial charge in [-0.25, -0.2) is 0 Å². The normalized spacial score (nSPS) is 10.9. The predicted octanol–water partition coefficient (Wildman–Crippen LogP) is 2.62. The average molecular weight is 308 g/mol. The molecule has 0 saturated carbocycles. The summed E-state index contributed by atoms with van der Waals surface area (Å²) in [5.41, 5.74) is 1.61. The second-order valence-corrected chi connectivity index (χ2v) is 4.74. The van der Waals surface area contributed by atoms with Crippen molar-refractivity contribution in [3.05, 3.63) is 40.6 Å². The van der Waals surface area contributed by atoms with Crippen LogP contribution in [0, 0.1) is 18.3 Å². The third-order valence-electron chi connectivity index (χ3n) is 2.82. The molecule has 0 fully saturated rings. The fourth-order valence-electron chi connectivity index (χ4n) is 1.58. The third-order valence-corrected chi connectivity index (χ3v) is 3.23. The molecule has 6 heteroatoms. The maximum Gasteiger partial charge on any atom is 0.263 e. The van der Waals surface area contributed by atoms with Crippen LogP contribution in [0.5, 0.6) is 0 Å². The Morgan fingerprint density at radius 1 is 1.52 bits per heavy atom. The number of benzene rings is 1. The van der Waals surface area contributed by atoms with Gasteiger partial charge in [0.05, 0.1) is 0 Å². The number of hydrogen-bond donors (Lipinski definition) is 2. The van der Waals surface area contributed by atoms with Crippen LogP contribution in [0.15, 0.2) is 30.0 Å². The van der Waals surface area contributed by atoms with Crippen molar-refractivity contribution in [2.75, 3.05) is 25.6 Å². The molecule has 0 unspecified atom stereocenters. The molecule has 1 aromatic rings. The predicted molar refractivity (Wildman–Crippen MR) is 83.0 cm³/mol. The number of anilines is 1. The number of nitrogens with one attached hydrogen (secondary N) is 2. The number of halogens is 1. The highest BCUT2D eigenvalue weighted by atomic mass is 35.5. The van der Waals surface area contributed by atoms with Crippen molar-refractivity contribution in [1.29, 1.82) is 5.26 Å². The van der Waals surface area contributed by atoms with E-state index in [0.29, 0.717) is 24.6 Å². The van der Waals surface area contributed by atoms with E-state index in [0.717, 1.165) is 11.3 Å². The van der Waals surface area contributed by atoms with Gasteiger partial charge in [-0.1, -0.05) is 17.7 Å². The zero-order valence-corrected chi connectivity index (χ0v) is 12.8. The van der Waals surface area contributed by atoms with Crippen molar-refractivity contribution in [3.63, 3.8) is 0 Å². The lowest BCUT2D eigenvalue weighted by Gasteiger charge is -2.08. The summed E-state index contributed by atoms with van der Waals surface area (Å²) in [7, 11) is 1.60. The van der Waals surface area contributed by atoms with E-state index in [1.54, 1.807) is 19.2 Å². The van der Waals surface area contributed by atoms with Crippen molar-refractivity contribution in [2.45, 2.75) is 13.3 Å². The summed E-state index contributed by atoms with van der Waals surface area (Å²) in [6.07, 6.45) is 2.08. The van der Waals surface area contributed by atoms with Gasteiger partial charge in [-0.05, 0) is 31.0 Å². The Labute approximate surface area is 129 Å². The molecule has 1 aromatic carbocycles. The number of hydrogen-bond acceptors (Lipinski definition) is 4. The Hall–Kier alpha value is -2.03. The molecule has 0 aromatic heterocycles. The van der Waals surface area contributed by atoms with E-state index >= 15 is 0 Å². The fourth-order valence-corrected chi connectivity index (χ4v) is 1.75. The number of nitrogens with zero attached hydrogens (tertiary/aromatic N) is 1. The van der Waals surface area contributed by atoms with Crippen LogP contribution in [-0.4, -0.2) is 26.2 Å². The lowest BCUT2D eigenvalue weighted by atomic mass is 10.2. The zero-order chi connectivity index (χ0) is 15.7. The molecule has 0 aliphatic rings. The van der Waals surface area contributed by atoms with Gasteiger partial charge >= 0.3 is 0 Å². The summed E-state index contributed by atoms with van der Waals surface area (Å²) in [6, 6.07) is 7.26. The van der Waals surface area contributed by atoms with Gasteiger partial charge in [0.1, 0.15) is 11.6 Å². The first kappa shape index (κ1) is 17.0. The number of ether oxygens (including phenoxy) is 1. The minimum absolute atomic E-state index is 0.00629. The Morgan fingerprint density at radius 2 is 2.29 bits per heavy atom. The summed E-state index contributed by atoms with van der Waals surface area (Å²) in [4.78, 5) is 11.8. The first-order valence-corrected chi connectivity index (χ1v) is 6.87. The highest BCUT2D eigenvalue weighted by molar-refractivity contribution is 6.31. The molecule has 112 valence electrons. The minimum Gasteiger partial charge on any atom is -0.385 e. The molecule has 0 spiro atoms. The van der Waals surface area contributed by atoms with Gasteiger partial charge in [0.2, 0.25) is 0 Å². The molecular weight excluding hydrogens is 290 g/mol. The number of carbonyl (C=O) groups excluding carboxylic acids is 1. The number of methoxy groups -OCH3 is 1. The van der Waals surface area contributed by atoms with E-state index in [1.807, 2.05) is 19.1 Å². The molecule has 0 aliphatic carbocycles. The zero-order valence-electron chi connectivity index (χ0n) is 12.1. The number of amides is 1. The number of nitriles is 1. The Kier molecular flexibility index (Phi) is 7.30. The smallest absolute Gasteiger partial charge is 0.263 e. The van der Waals surface area contributed by atoms with E-state index < -0.39 is 5.91 Å². The maximum absolute atomic E-state index is 11.8. The molecule has 0 atom stereocenters. The third kappa shape index (κ3) is 5.46. The molecule has 1 rings (SSSR count). The van der Waals surface area contributed by atoms with E-state index in [2.05, 4.69) is 10.6 Å². The van der Waals surface area contributed by atoms with Crippen LogP contribution in [0.1, 0.15) is 12.0 Å². The van der Waals surface area contributed by atoms with Gasteiger partial charge in [0, 0.05) is 37.2 Å². The van der Waals surface area contributed by atoms with Crippen LogP contribution in [0.3, 0.4) is 0 Å². The first-order chi connectivity index (χ1) is 10.1. The Balaban J connectivity index is 2.65. The SMILES string of the molecule is COCCCNC(=O)/C(C#N)=C\Nc1cccc(Cl)c1C. The molecular formula is C15H18ClN3O2. The van der Waals surface area contributed by atoms with Gasteiger partial charge in [0.25, 0.3) is 5.91 Å². The van der Waals surface area contributed by atoms with E-state index in [4.69, 9.17) is 21.6 Å². The molecule has 2 N–H and O–H groups in total. The molecule has 0 saturated heterocycles. The van der Waals surface area contributed by atoms with Crippen molar-refractivity contribution >= 4 is 23.2 Å². The standard InChI is InChI=1S/C15H18ClN3O2/c1-11-13(16)5-3-6-14(11)19-10-12(9-17)15(20)18-7-4-8-21-2/h3,5-6,10,19H,4,7-8H2,1-2H3,(H,18,20)/b12-10-. The second kappa shape index (κ2) is 9.01. The molecule has 0 heterocycles. The average Bonchev–Trinajstić information content (AvgIpc) is 2.48. The quantitative estimate of drug-likeness (QED) is 0.461. The molecule has 0 aliphatic heterocycles. The van der Waals surface area contributed by atoms with E-state index in [9.17, 15) is 4.79 Å². The van der Waals surface area contributed by atoms with Gasteiger partial charge in [-0.2, -0.15) is 5.26 Å². The number of rotatable bonds is 7. The minimum atomic E-state index is -0.416. The molecule has 1 amide bonds. The second-order valence-electron chi connectivity index (χ2n) is 4.33. The Morgan fingerprint density at radius 3 is 2.95 bits per heavy atom. The lowest BCUT2D eigenvalue weighted by Crippen LogP contribution is -2.26. The van der Waals surface area contributed by atoms with Crippen LogP contribution in [0.4, 0.5) is 5.69 Å². The van der Waals surface area contributed by atoms with Crippen LogP contribution < -0.4 is 10.6 Å². The van der Waals surface area contributed by atoms with Gasteiger partial charge < -0.3 is 15.4 Å². The van der Waals surface area contributed by atoms with E-state index in [1.165, 1.54) is 6.20 Å². The lowest BCUT2D eigenvalue weighted by molar-refractivity contribution is -0.117. The van der Waals surface area contributed by atoms with Crippen molar-refractivity contribution in [3.8, 4) is 6.07 Å². The summed E-state index contributed by atoms with van der Waals surface area (Å²) >= 11 is 6.01. The van der Waals surface area contributed by atoms with Crippen molar-refractivity contribution < 1.29 is 9.53 Å². The van der Waals surface area contributed by atoms with E-state index in [-0.39, 0.29) is 5.57 Å². The van der Waals surface area contributed by atoms with Crippen LogP contribution in [-0.2, 0) is 9.53 Å². The van der Waals surface area contributed by atoms with Crippen molar-refractivity contribution in [2.24, 2.45) is 0 Å². The van der Waals surface area contributed by atoms with Gasteiger partial charge in [0.15, 0.2) is 0 Å². The van der Waals surface area contributed by atoms with Gasteiger partial charge in [-0.15, -0.1) is 0 Å². The Bertz CT molecular complexity index is 565. The number of carbonyl (C=O) groups is 1. The largest absolute Gasteiger partial charge is 0.385 e. The topological polar surface area (TPSA) is 74.1 Å². The molecule has 5 nitrogen and oxygen atoms in total. The highest BCUT2D eigenvalue weighted by Gasteiger charge is 2.08. The monoisotopic (exact) mass is 307 g/mol. The first-order valence-electron chi connectivity index (χ1n) is 6.49.